The van der Waals surface area contributed by atoms with Crippen LogP contribution in [-0.4, -0.2) is 26.5 Å². The third-order valence-corrected chi connectivity index (χ3v) is 3.22. The molecule has 24 heavy (non-hydrogen) atoms. The Balaban J connectivity index is 1.81. The second kappa shape index (κ2) is 6.86. The molecule has 0 fully saturated rings. The highest BCUT2D eigenvalue weighted by Gasteiger charge is 2.16. The number of carboxylic acids is 1. The molecule has 2 aromatic carbocycles. The molecule has 0 atom stereocenters. The molecule has 7 heteroatoms. The molecule has 3 aromatic rings. The van der Waals surface area contributed by atoms with Gasteiger partial charge in [0.15, 0.2) is 0 Å². The number of halogens is 1. The van der Waals surface area contributed by atoms with Crippen molar-refractivity contribution in [2.24, 2.45) is 0 Å². The number of nitrogens with one attached hydrogen (secondary N) is 1. The molecule has 0 aliphatic heterocycles. The van der Waals surface area contributed by atoms with Gasteiger partial charge >= 0.3 is 5.97 Å². The molecule has 6 nitrogen and oxygen atoms in total. The number of hydrogen-bond donors (Lipinski definition) is 2. The lowest BCUT2D eigenvalue weighted by atomic mass is 10.2. The zero-order chi connectivity index (χ0) is 16.9. The number of rotatable bonds is 3. The second-order valence-corrected chi connectivity index (χ2v) is 5.12. The van der Waals surface area contributed by atoms with Crippen molar-refractivity contribution in [1.82, 2.24) is 15.4 Å². The van der Waals surface area contributed by atoms with Crippen molar-refractivity contribution in [2.75, 3.05) is 0 Å². The van der Waals surface area contributed by atoms with Crippen LogP contribution in [0.25, 0.3) is 0 Å². The van der Waals surface area contributed by atoms with Crippen molar-refractivity contribution in [1.29, 1.82) is 0 Å². The standard InChI is InChI=1S/C17H10ClN3O3/c18-13-8-6-11(7-9-13)4-5-12-2-1-3-14(10-12)24-16-15(17(22)23)19-21-20-16/h1-3,6-10H,(H,22,23)(H,19,20,21). The zero-order valence-corrected chi connectivity index (χ0v) is 12.9. The minimum absolute atomic E-state index is 0.0367. The van der Waals surface area contributed by atoms with Gasteiger partial charge in [-0.2, -0.15) is 0 Å². The van der Waals surface area contributed by atoms with E-state index in [9.17, 15) is 4.79 Å². The van der Waals surface area contributed by atoms with E-state index in [-0.39, 0.29) is 11.6 Å². The molecule has 1 aromatic heterocycles. The Morgan fingerprint density at radius 3 is 2.62 bits per heavy atom. The number of aromatic amines is 1. The summed E-state index contributed by atoms with van der Waals surface area (Å²) in [5, 5.41) is 18.9. The molecule has 0 aliphatic rings. The molecule has 0 unspecified atom stereocenters. The number of benzene rings is 2. The fraction of sp³-hybridized carbons (Fsp3) is 0. The first kappa shape index (κ1) is 15.6. The molecule has 0 spiro atoms. The molecule has 0 aliphatic carbocycles. The van der Waals surface area contributed by atoms with Crippen molar-refractivity contribution >= 4 is 17.6 Å². The molecule has 1 heterocycles. The third kappa shape index (κ3) is 3.72. The number of carbonyl (C=O) groups is 1. The fourth-order valence-corrected chi connectivity index (χ4v) is 1.99. The predicted molar refractivity (Wildman–Crippen MR) is 87.3 cm³/mol. The summed E-state index contributed by atoms with van der Waals surface area (Å²) in [7, 11) is 0. The van der Waals surface area contributed by atoms with Gasteiger partial charge in [-0.3, -0.25) is 0 Å². The Hall–Kier alpha value is -3.30. The quantitative estimate of drug-likeness (QED) is 0.714. The lowest BCUT2D eigenvalue weighted by Crippen LogP contribution is -1.99. The molecule has 0 saturated heterocycles. The van der Waals surface area contributed by atoms with Crippen LogP contribution in [0.1, 0.15) is 21.6 Å². The van der Waals surface area contributed by atoms with Crippen molar-refractivity contribution < 1.29 is 14.6 Å². The maximum absolute atomic E-state index is 11.0. The van der Waals surface area contributed by atoms with Gasteiger partial charge in [-0.05, 0) is 42.5 Å². The van der Waals surface area contributed by atoms with E-state index in [4.69, 9.17) is 21.4 Å². The summed E-state index contributed by atoms with van der Waals surface area (Å²) in [4.78, 5) is 11.0. The number of hydrogen-bond acceptors (Lipinski definition) is 4. The van der Waals surface area contributed by atoms with E-state index in [1.165, 1.54) is 0 Å². The molecule has 0 bridgehead atoms. The first-order valence-electron chi connectivity index (χ1n) is 6.81. The molecular formula is C17H10ClN3O3. The van der Waals surface area contributed by atoms with Gasteiger partial charge in [0, 0.05) is 16.1 Å². The average Bonchev–Trinajstić information content (AvgIpc) is 3.03. The zero-order valence-electron chi connectivity index (χ0n) is 12.2. The average molecular weight is 340 g/mol. The van der Waals surface area contributed by atoms with E-state index < -0.39 is 5.97 Å². The highest BCUT2D eigenvalue weighted by atomic mass is 35.5. The first-order valence-corrected chi connectivity index (χ1v) is 7.19. The minimum atomic E-state index is -1.22. The summed E-state index contributed by atoms with van der Waals surface area (Å²) < 4.78 is 5.47. The maximum atomic E-state index is 11.0. The molecule has 3 rings (SSSR count). The van der Waals surface area contributed by atoms with Gasteiger partial charge in [0.1, 0.15) is 5.75 Å². The van der Waals surface area contributed by atoms with Gasteiger partial charge < -0.3 is 9.84 Å². The summed E-state index contributed by atoms with van der Waals surface area (Å²) >= 11 is 5.83. The van der Waals surface area contributed by atoms with E-state index in [0.717, 1.165) is 5.56 Å². The van der Waals surface area contributed by atoms with Crippen LogP contribution in [0.5, 0.6) is 11.6 Å². The highest BCUT2D eigenvalue weighted by molar-refractivity contribution is 6.30. The summed E-state index contributed by atoms with van der Waals surface area (Å²) in [5.41, 5.74) is 1.26. The van der Waals surface area contributed by atoms with Crippen LogP contribution in [0.2, 0.25) is 5.02 Å². The third-order valence-electron chi connectivity index (χ3n) is 2.97. The Bertz CT molecular complexity index is 939. The van der Waals surface area contributed by atoms with E-state index in [0.29, 0.717) is 16.3 Å². The summed E-state index contributed by atoms with van der Waals surface area (Å²) in [6.07, 6.45) is 0. The van der Waals surface area contributed by atoms with Crippen LogP contribution in [0.4, 0.5) is 0 Å². The minimum Gasteiger partial charge on any atom is -0.476 e. The van der Waals surface area contributed by atoms with Crippen molar-refractivity contribution in [3.8, 4) is 23.5 Å². The van der Waals surface area contributed by atoms with Gasteiger partial charge in [-0.25, -0.2) is 9.89 Å². The SMILES string of the molecule is O=C(O)c1nn[nH]c1Oc1cccc(C#Cc2ccc(Cl)cc2)c1. The highest BCUT2D eigenvalue weighted by Crippen LogP contribution is 2.22. The topological polar surface area (TPSA) is 88.1 Å². The largest absolute Gasteiger partial charge is 0.476 e. The Morgan fingerprint density at radius 1 is 1.12 bits per heavy atom. The van der Waals surface area contributed by atoms with Crippen molar-refractivity contribution in [3.05, 3.63) is 70.4 Å². The Morgan fingerprint density at radius 2 is 1.88 bits per heavy atom. The van der Waals surface area contributed by atoms with Crippen LogP contribution in [0, 0.1) is 11.8 Å². The lowest BCUT2D eigenvalue weighted by Gasteiger charge is -2.03. The summed E-state index contributed by atoms with van der Waals surface area (Å²) in [6.45, 7) is 0. The molecular weight excluding hydrogens is 330 g/mol. The molecule has 118 valence electrons. The number of aromatic carboxylic acids is 1. The number of ether oxygens (including phenoxy) is 1. The van der Waals surface area contributed by atoms with Crippen molar-refractivity contribution in [2.45, 2.75) is 0 Å². The van der Waals surface area contributed by atoms with Crippen LogP contribution >= 0.6 is 11.6 Å². The van der Waals surface area contributed by atoms with Crippen LogP contribution in [-0.2, 0) is 0 Å². The number of H-pyrrole nitrogens is 1. The van der Waals surface area contributed by atoms with Gasteiger partial charge in [-0.1, -0.05) is 34.7 Å². The maximum Gasteiger partial charge on any atom is 0.362 e. The van der Waals surface area contributed by atoms with Gasteiger partial charge in [0.2, 0.25) is 5.69 Å². The van der Waals surface area contributed by atoms with E-state index >= 15 is 0 Å². The second-order valence-electron chi connectivity index (χ2n) is 4.68. The fourth-order valence-electron chi connectivity index (χ4n) is 1.86. The monoisotopic (exact) mass is 339 g/mol. The molecule has 2 N–H and O–H groups in total. The molecule has 0 saturated carbocycles. The van der Waals surface area contributed by atoms with E-state index in [2.05, 4.69) is 27.3 Å². The normalized spacial score (nSPS) is 9.88. The van der Waals surface area contributed by atoms with Crippen molar-refractivity contribution in [3.63, 3.8) is 0 Å². The smallest absolute Gasteiger partial charge is 0.362 e. The Labute approximate surface area is 142 Å². The van der Waals surface area contributed by atoms with Gasteiger partial charge in [0.25, 0.3) is 5.88 Å². The molecule has 0 amide bonds. The predicted octanol–water partition coefficient (Wildman–Crippen LogP) is 3.35. The van der Waals surface area contributed by atoms with E-state index in [1.54, 1.807) is 30.3 Å². The first-order chi connectivity index (χ1) is 11.6. The molecule has 0 radical (unpaired) electrons. The summed E-state index contributed by atoms with van der Waals surface area (Å²) in [5.74, 6) is 5.18. The van der Waals surface area contributed by atoms with Gasteiger partial charge in [-0.15, -0.1) is 5.10 Å². The Kier molecular flexibility index (Phi) is 4.45. The number of carboxylic acid groups (broad SMARTS) is 1. The van der Waals surface area contributed by atoms with Crippen LogP contribution in [0.15, 0.2) is 48.5 Å². The number of aromatic nitrogens is 3. The van der Waals surface area contributed by atoms with E-state index in [1.807, 2.05) is 18.2 Å². The lowest BCUT2D eigenvalue weighted by molar-refractivity contribution is 0.0687. The van der Waals surface area contributed by atoms with Gasteiger partial charge in [0.05, 0.1) is 0 Å². The summed E-state index contributed by atoms with van der Waals surface area (Å²) in [6, 6.07) is 14.1. The number of nitrogens with zero attached hydrogens (tertiary/aromatic N) is 2. The van der Waals surface area contributed by atoms with Crippen LogP contribution < -0.4 is 4.74 Å². The van der Waals surface area contributed by atoms with Crippen LogP contribution in [0.3, 0.4) is 0 Å².